The Morgan fingerprint density at radius 3 is 2.64 bits per heavy atom. The van der Waals surface area contributed by atoms with E-state index in [1.807, 2.05) is 0 Å². The van der Waals surface area contributed by atoms with Gasteiger partial charge in [-0.1, -0.05) is 18.0 Å². The standard InChI is InChI=1S/C17H19F3N4O3S/c1-25-16(22)13(24-28-2)8-11(21)12-4-3-5-15(23-12)26-9-10-6-7-14(27-10)17(18,19)20/h3-8,24H,9,21-22H2,1-2H3/b11-8-,16-13-. The van der Waals surface area contributed by atoms with Crippen LogP contribution in [0.2, 0.25) is 0 Å². The summed E-state index contributed by atoms with van der Waals surface area (Å²) in [7, 11) is 1.42. The fourth-order valence-corrected chi connectivity index (χ4v) is 2.39. The fourth-order valence-electron chi connectivity index (χ4n) is 2.01. The Morgan fingerprint density at radius 1 is 1.29 bits per heavy atom. The van der Waals surface area contributed by atoms with Gasteiger partial charge in [0.25, 0.3) is 0 Å². The molecule has 0 aliphatic carbocycles. The molecule has 11 heteroatoms. The van der Waals surface area contributed by atoms with Gasteiger partial charge in [-0.25, -0.2) is 4.98 Å². The molecule has 0 atom stereocenters. The second-order valence-corrected chi connectivity index (χ2v) is 5.91. The third kappa shape index (κ3) is 5.78. The largest absolute Gasteiger partial charge is 0.481 e. The molecule has 28 heavy (non-hydrogen) atoms. The van der Waals surface area contributed by atoms with Crippen molar-refractivity contribution in [1.82, 2.24) is 9.71 Å². The first-order chi connectivity index (χ1) is 13.2. The lowest BCUT2D eigenvalue weighted by Crippen LogP contribution is -2.13. The number of allylic oxidation sites excluding steroid dienone is 1. The summed E-state index contributed by atoms with van der Waals surface area (Å²) >= 11 is 1.30. The average molecular weight is 416 g/mol. The molecule has 5 N–H and O–H groups in total. The highest BCUT2D eigenvalue weighted by Crippen LogP contribution is 2.30. The molecule has 0 fully saturated rings. The van der Waals surface area contributed by atoms with Crippen molar-refractivity contribution in [2.75, 3.05) is 13.4 Å². The minimum Gasteiger partial charge on any atom is -0.481 e. The highest BCUT2D eigenvalue weighted by molar-refractivity contribution is 7.96. The molecule has 0 bridgehead atoms. The van der Waals surface area contributed by atoms with Gasteiger partial charge in [0.15, 0.2) is 0 Å². The molecule has 2 rings (SSSR count). The summed E-state index contributed by atoms with van der Waals surface area (Å²) in [6.07, 6.45) is -1.20. The maximum atomic E-state index is 12.6. The molecule has 152 valence electrons. The molecule has 0 unspecified atom stereocenters. The van der Waals surface area contributed by atoms with Crippen LogP contribution in [0.15, 0.2) is 52.4 Å². The van der Waals surface area contributed by atoms with Gasteiger partial charge in [-0.05, 0) is 24.3 Å². The van der Waals surface area contributed by atoms with Crippen molar-refractivity contribution in [2.24, 2.45) is 11.5 Å². The summed E-state index contributed by atoms with van der Waals surface area (Å²) in [6.45, 7) is -0.216. The summed E-state index contributed by atoms with van der Waals surface area (Å²) in [5.74, 6) is -0.758. The van der Waals surface area contributed by atoms with E-state index < -0.39 is 11.9 Å². The fraction of sp³-hybridized carbons (Fsp3) is 0.235. The van der Waals surface area contributed by atoms with Crippen LogP contribution in [-0.4, -0.2) is 18.3 Å². The Kier molecular flexibility index (Phi) is 7.10. The number of nitrogens with two attached hydrogens (primary N) is 2. The Morgan fingerprint density at radius 2 is 2.04 bits per heavy atom. The molecule has 0 saturated heterocycles. The van der Waals surface area contributed by atoms with Crippen molar-refractivity contribution in [3.63, 3.8) is 0 Å². The second-order valence-electron chi connectivity index (χ2n) is 5.30. The number of rotatable bonds is 8. The van der Waals surface area contributed by atoms with E-state index in [0.717, 1.165) is 6.07 Å². The number of methoxy groups -OCH3 is 1. The van der Waals surface area contributed by atoms with E-state index in [9.17, 15) is 13.2 Å². The number of halogens is 3. The van der Waals surface area contributed by atoms with Crippen LogP contribution in [0.5, 0.6) is 5.88 Å². The SMILES string of the molecule is CO/C(N)=C(/C=C(\N)c1cccc(OCc2ccc(C(F)(F)F)o2)n1)NSC. The molecular formula is C17H19F3N4O3S. The number of nitrogens with one attached hydrogen (secondary N) is 1. The van der Waals surface area contributed by atoms with Crippen LogP contribution in [0, 0.1) is 0 Å². The van der Waals surface area contributed by atoms with Gasteiger partial charge in [-0.2, -0.15) is 13.2 Å². The minimum atomic E-state index is -4.55. The van der Waals surface area contributed by atoms with Crippen LogP contribution in [0.3, 0.4) is 0 Å². The first-order valence-electron chi connectivity index (χ1n) is 7.80. The van der Waals surface area contributed by atoms with Gasteiger partial charge in [0.2, 0.25) is 17.5 Å². The molecule has 2 aromatic rings. The lowest BCUT2D eigenvalue weighted by atomic mass is 10.2. The maximum absolute atomic E-state index is 12.6. The van der Waals surface area contributed by atoms with Crippen LogP contribution in [0.25, 0.3) is 5.70 Å². The van der Waals surface area contributed by atoms with Crippen molar-refractivity contribution in [3.8, 4) is 5.88 Å². The predicted molar refractivity (Wildman–Crippen MR) is 99.3 cm³/mol. The normalized spacial score (nSPS) is 13.1. The first-order valence-corrected chi connectivity index (χ1v) is 9.03. The van der Waals surface area contributed by atoms with Crippen LogP contribution >= 0.6 is 11.9 Å². The van der Waals surface area contributed by atoms with Gasteiger partial charge >= 0.3 is 6.18 Å². The molecule has 0 aromatic carbocycles. The third-order valence-electron chi connectivity index (χ3n) is 3.32. The van der Waals surface area contributed by atoms with E-state index in [1.54, 1.807) is 30.5 Å². The molecule has 2 aromatic heterocycles. The molecular weight excluding hydrogens is 397 g/mol. The van der Waals surface area contributed by atoms with E-state index in [-0.39, 0.29) is 29.8 Å². The third-order valence-corrected chi connectivity index (χ3v) is 3.74. The second kappa shape index (κ2) is 9.31. The monoisotopic (exact) mass is 416 g/mol. The van der Waals surface area contributed by atoms with Crippen LogP contribution in [-0.2, 0) is 17.5 Å². The number of pyridine rings is 1. The van der Waals surface area contributed by atoms with Crippen molar-refractivity contribution in [3.05, 3.63) is 65.2 Å². The summed E-state index contributed by atoms with van der Waals surface area (Å²) < 4.78 is 55.7. The van der Waals surface area contributed by atoms with Crippen molar-refractivity contribution >= 4 is 17.6 Å². The summed E-state index contributed by atoms with van der Waals surface area (Å²) in [5, 5.41) is 0. The molecule has 7 nitrogen and oxygen atoms in total. The summed E-state index contributed by atoms with van der Waals surface area (Å²) in [4.78, 5) is 4.22. The van der Waals surface area contributed by atoms with Gasteiger partial charge in [-0.3, -0.25) is 0 Å². The van der Waals surface area contributed by atoms with E-state index >= 15 is 0 Å². The number of ether oxygens (including phenoxy) is 2. The Labute approximate surface area is 163 Å². The van der Waals surface area contributed by atoms with E-state index in [4.69, 9.17) is 25.4 Å². The number of furan rings is 1. The first kappa shape index (κ1) is 21.4. The molecule has 0 aliphatic heterocycles. The van der Waals surface area contributed by atoms with E-state index in [2.05, 4.69) is 9.71 Å². The van der Waals surface area contributed by atoms with Crippen LogP contribution < -0.4 is 20.9 Å². The van der Waals surface area contributed by atoms with Crippen molar-refractivity contribution in [2.45, 2.75) is 12.8 Å². The van der Waals surface area contributed by atoms with Crippen molar-refractivity contribution < 1.29 is 27.1 Å². The zero-order valence-corrected chi connectivity index (χ0v) is 15.9. The van der Waals surface area contributed by atoms with Gasteiger partial charge in [0.1, 0.15) is 18.1 Å². The summed E-state index contributed by atoms with van der Waals surface area (Å²) in [5.41, 5.74) is 12.9. The highest BCUT2D eigenvalue weighted by Gasteiger charge is 2.34. The quantitative estimate of drug-likeness (QED) is 0.342. The summed E-state index contributed by atoms with van der Waals surface area (Å²) in [6, 6.07) is 6.88. The average Bonchev–Trinajstić information content (AvgIpc) is 3.15. The Balaban J connectivity index is 2.13. The Bertz CT molecular complexity index is 865. The van der Waals surface area contributed by atoms with E-state index in [1.165, 1.54) is 25.1 Å². The number of alkyl halides is 3. The van der Waals surface area contributed by atoms with E-state index in [0.29, 0.717) is 11.4 Å². The lowest BCUT2D eigenvalue weighted by molar-refractivity contribution is -0.153. The number of hydrogen-bond donors (Lipinski definition) is 3. The van der Waals surface area contributed by atoms with Gasteiger partial charge in [0.05, 0.1) is 18.5 Å². The smallest absolute Gasteiger partial charge is 0.449 e. The minimum absolute atomic E-state index is 0.0188. The van der Waals surface area contributed by atoms with Crippen LogP contribution in [0.4, 0.5) is 13.2 Å². The number of hydrogen-bond acceptors (Lipinski definition) is 8. The molecule has 0 saturated carbocycles. The Hall–Kier alpha value is -2.95. The number of aromatic nitrogens is 1. The van der Waals surface area contributed by atoms with Gasteiger partial charge in [-0.15, -0.1) is 0 Å². The molecule has 2 heterocycles. The number of nitrogens with zero attached hydrogens (tertiary/aromatic N) is 1. The molecule has 0 aliphatic rings. The zero-order chi connectivity index (χ0) is 20.7. The van der Waals surface area contributed by atoms with Crippen LogP contribution in [0.1, 0.15) is 17.2 Å². The predicted octanol–water partition coefficient (Wildman–Crippen LogP) is 3.21. The van der Waals surface area contributed by atoms with Gasteiger partial charge < -0.3 is 30.1 Å². The van der Waals surface area contributed by atoms with Crippen molar-refractivity contribution in [1.29, 1.82) is 0 Å². The lowest BCUT2D eigenvalue weighted by Gasteiger charge is -2.10. The molecule has 0 amide bonds. The zero-order valence-electron chi connectivity index (χ0n) is 15.0. The highest BCUT2D eigenvalue weighted by atomic mass is 32.2. The maximum Gasteiger partial charge on any atom is 0.449 e. The molecule has 0 radical (unpaired) electrons. The topological polar surface area (TPSA) is 109 Å². The van der Waals surface area contributed by atoms with Gasteiger partial charge in [0, 0.05) is 12.3 Å². The molecule has 0 spiro atoms.